The monoisotopic (exact) mass is 262 g/mol. The van der Waals surface area contributed by atoms with Crippen molar-refractivity contribution in [2.24, 2.45) is 16.0 Å². The van der Waals surface area contributed by atoms with Crippen LogP contribution >= 0.6 is 0 Å². The van der Waals surface area contributed by atoms with Gasteiger partial charge in [0.25, 0.3) is 0 Å². The molecular formula is C13H18N4O2. The van der Waals surface area contributed by atoms with Crippen molar-refractivity contribution in [3.8, 4) is 0 Å². The lowest BCUT2D eigenvalue weighted by Gasteiger charge is -2.09. The summed E-state index contributed by atoms with van der Waals surface area (Å²) >= 11 is 0. The van der Waals surface area contributed by atoms with Gasteiger partial charge < -0.3 is 15.4 Å². The second kappa shape index (κ2) is 7.15. The van der Waals surface area contributed by atoms with Crippen LogP contribution in [0.15, 0.2) is 34.6 Å². The van der Waals surface area contributed by atoms with Gasteiger partial charge in [-0.05, 0) is 13.8 Å². The molecule has 0 saturated heterocycles. The molecule has 0 aliphatic rings. The molecule has 1 rings (SSSR count). The van der Waals surface area contributed by atoms with Crippen LogP contribution in [0.3, 0.4) is 0 Å². The van der Waals surface area contributed by atoms with Crippen molar-refractivity contribution in [2.75, 3.05) is 7.11 Å². The lowest BCUT2D eigenvalue weighted by Crippen LogP contribution is -2.25. The van der Waals surface area contributed by atoms with Gasteiger partial charge in [-0.2, -0.15) is 0 Å². The second-order valence-corrected chi connectivity index (χ2v) is 4.01. The van der Waals surface area contributed by atoms with Crippen LogP contribution in [0, 0.1) is 5.41 Å². The lowest BCUT2D eigenvalue weighted by molar-refractivity contribution is 0.130. The molecule has 0 aliphatic carbocycles. The summed E-state index contributed by atoms with van der Waals surface area (Å²) in [6, 6.07) is 7.38. The van der Waals surface area contributed by atoms with Crippen LogP contribution in [-0.2, 0) is 16.3 Å². The summed E-state index contributed by atoms with van der Waals surface area (Å²) in [5.41, 5.74) is 8.14. The Balaban J connectivity index is 3.04. The average Bonchev–Trinajstić information content (AvgIpc) is 2.36. The summed E-state index contributed by atoms with van der Waals surface area (Å²) in [6.07, 6.45) is 0. The Morgan fingerprint density at radius 3 is 2.53 bits per heavy atom. The van der Waals surface area contributed by atoms with Crippen LogP contribution < -0.4 is 5.73 Å². The van der Waals surface area contributed by atoms with Crippen molar-refractivity contribution in [1.29, 1.82) is 5.41 Å². The van der Waals surface area contributed by atoms with Crippen molar-refractivity contribution in [3.05, 3.63) is 35.4 Å². The molecule has 0 amide bonds. The topological polar surface area (TPSA) is 93.0 Å². The van der Waals surface area contributed by atoms with Gasteiger partial charge in [-0.1, -0.05) is 34.6 Å². The first-order valence-corrected chi connectivity index (χ1v) is 5.73. The molecule has 19 heavy (non-hydrogen) atoms. The number of hydrogen-bond donors (Lipinski definition) is 2. The van der Waals surface area contributed by atoms with Crippen molar-refractivity contribution in [3.63, 3.8) is 0 Å². The van der Waals surface area contributed by atoms with Crippen LogP contribution in [0.2, 0.25) is 0 Å². The summed E-state index contributed by atoms with van der Waals surface area (Å²) in [6.45, 7) is 3.97. The number of benzene rings is 1. The first-order valence-electron chi connectivity index (χ1n) is 5.73. The fourth-order valence-corrected chi connectivity index (χ4v) is 1.44. The number of rotatable bonds is 6. The molecule has 0 saturated carbocycles. The summed E-state index contributed by atoms with van der Waals surface area (Å²) in [7, 11) is 1.41. The number of oxime groups is 2. The Morgan fingerprint density at radius 1 is 1.26 bits per heavy atom. The second-order valence-electron chi connectivity index (χ2n) is 4.01. The third-order valence-corrected chi connectivity index (χ3v) is 2.18. The summed E-state index contributed by atoms with van der Waals surface area (Å²) in [5, 5.41) is 15.2. The zero-order valence-electron chi connectivity index (χ0n) is 11.3. The van der Waals surface area contributed by atoms with E-state index < -0.39 is 0 Å². The summed E-state index contributed by atoms with van der Waals surface area (Å²) < 4.78 is 0. The van der Waals surface area contributed by atoms with Crippen molar-refractivity contribution >= 4 is 17.3 Å². The third-order valence-electron chi connectivity index (χ3n) is 2.18. The Bertz CT molecular complexity index is 505. The van der Waals surface area contributed by atoms with Crippen LogP contribution in [0.25, 0.3) is 0 Å². The predicted molar refractivity (Wildman–Crippen MR) is 75.5 cm³/mol. The highest BCUT2D eigenvalue weighted by molar-refractivity contribution is 6.46. The maximum Gasteiger partial charge on any atom is 0.151 e. The number of nitrogens with two attached hydrogens (primary N) is 1. The van der Waals surface area contributed by atoms with Crippen LogP contribution in [0.1, 0.15) is 25.0 Å². The highest BCUT2D eigenvalue weighted by atomic mass is 16.6. The van der Waals surface area contributed by atoms with E-state index in [-0.39, 0.29) is 18.2 Å². The molecule has 6 heteroatoms. The van der Waals surface area contributed by atoms with Gasteiger partial charge in [-0.3, -0.25) is 5.41 Å². The van der Waals surface area contributed by atoms with E-state index in [4.69, 9.17) is 20.8 Å². The van der Waals surface area contributed by atoms with Gasteiger partial charge in [0, 0.05) is 11.1 Å². The first-order chi connectivity index (χ1) is 9.06. The van der Waals surface area contributed by atoms with E-state index in [1.54, 1.807) is 6.07 Å². The van der Waals surface area contributed by atoms with Gasteiger partial charge in [-0.25, -0.2) is 0 Å². The smallest absolute Gasteiger partial charge is 0.151 e. The van der Waals surface area contributed by atoms with Crippen molar-refractivity contribution in [2.45, 2.75) is 20.5 Å². The molecule has 0 aliphatic heterocycles. The molecule has 0 heterocycles. The van der Waals surface area contributed by atoms with Gasteiger partial charge in [0.1, 0.15) is 19.6 Å². The Kier molecular flexibility index (Phi) is 5.53. The minimum atomic E-state index is -0.163. The number of amidine groups is 1. The van der Waals surface area contributed by atoms with Crippen molar-refractivity contribution in [1.82, 2.24) is 0 Å². The number of nitrogens with zero attached hydrogens (tertiary/aromatic N) is 2. The predicted octanol–water partition coefficient (Wildman–Crippen LogP) is 1.89. The van der Waals surface area contributed by atoms with Gasteiger partial charge >= 0.3 is 0 Å². The van der Waals surface area contributed by atoms with Crippen molar-refractivity contribution < 1.29 is 9.68 Å². The van der Waals surface area contributed by atoms with E-state index in [2.05, 4.69) is 10.3 Å². The molecule has 0 fully saturated rings. The Hall–Kier alpha value is -2.37. The largest absolute Gasteiger partial charge is 0.399 e. The standard InChI is InChI=1S/C13H18N4O2/c1-9(2)16-19-8-10-6-4-5-7-11(10)12(13(14)15)17-18-3/h4-7H,8H2,1-3H3,(H3,14,15)/b17-12+. The fourth-order valence-electron chi connectivity index (χ4n) is 1.44. The van der Waals surface area contributed by atoms with Crippen LogP contribution in [0.4, 0.5) is 0 Å². The Labute approximate surface area is 112 Å². The molecule has 0 unspecified atom stereocenters. The SMILES string of the molecule is CO/N=C(/C(=N)N)c1ccccc1CON=C(C)C. The molecule has 0 atom stereocenters. The maximum absolute atomic E-state index is 7.53. The molecule has 1 aromatic carbocycles. The molecule has 1 aromatic rings. The minimum absolute atomic E-state index is 0.163. The first kappa shape index (κ1) is 14.7. The van der Waals surface area contributed by atoms with E-state index >= 15 is 0 Å². The summed E-state index contributed by atoms with van der Waals surface area (Å²) in [4.78, 5) is 9.93. The van der Waals surface area contributed by atoms with E-state index in [0.717, 1.165) is 11.3 Å². The average molecular weight is 262 g/mol. The van der Waals surface area contributed by atoms with Gasteiger partial charge in [0.15, 0.2) is 5.71 Å². The molecule has 0 spiro atoms. The normalized spacial score (nSPS) is 10.8. The van der Waals surface area contributed by atoms with Gasteiger partial charge in [0.05, 0.1) is 5.71 Å². The minimum Gasteiger partial charge on any atom is -0.399 e. The zero-order chi connectivity index (χ0) is 14.3. The van der Waals surface area contributed by atoms with Gasteiger partial charge in [-0.15, -0.1) is 0 Å². The van der Waals surface area contributed by atoms with Gasteiger partial charge in [0.2, 0.25) is 0 Å². The Morgan fingerprint density at radius 2 is 1.95 bits per heavy atom. The van der Waals surface area contributed by atoms with Crippen LogP contribution in [0.5, 0.6) is 0 Å². The summed E-state index contributed by atoms with van der Waals surface area (Å²) in [5.74, 6) is -0.163. The van der Waals surface area contributed by atoms with Crippen LogP contribution in [-0.4, -0.2) is 24.4 Å². The third kappa shape index (κ3) is 4.42. The number of nitrogens with one attached hydrogen (secondary N) is 1. The lowest BCUT2D eigenvalue weighted by atomic mass is 10.0. The van der Waals surface area contributed by atoms with E-state index in [0.29, 0.717) is 5.56 Å². The molecule has 0 aromatic heterocycles. The molecular weight excluding hydrogens is 244 g/mol. The molecule has 6 nitrogen and oxygen atoms in total. The zero-order valence-corrected chi connectivity index (χ0v) is 11.3. The quantitative estimate of drug-likeness (QED) is 0.465. The van der Waals surface area contributed by atoms with E-state index in [9.17, 15) is 0 Å². The molecule has 3 N–H and O–H groups in total. The van der Waals surface area contributed by atoms with E-state index in [1.807, 2.05) is 32.0 Å². The van der Waals surface area contributed by atoms with E-state index in [1.165, 1.54) is 7.11 Å². The molecule has 0 bridgehead atoms. The maximum atomic E-state index is 7.53. The molecule has 102 valence electrons. The highest BCUT2D eigenvalue weighted by Gasteiger charge is 2.13. The highest BCUT2D eigenvalue weighted by Crippen LogP contribution is 2.12. The molecule has 0 radical (unpaired) electrons. The number of hydrogen-bond acceptors (Lipinski definition) is 5. The fraction of sp³-hybridized carbons (Fsp3) is 0.308.